The van der Waals surface area contributed by atoms with Gasteiger partial charge in [0.15, 0.2) is 4.34 Å². The number of anilines is 1. The fourth-order valence-electron chi connectivity index (χ4n) is 1.78. The van der Waals surface area contributed by atoms with E-state index >= 15 is 0 Å². The Bertz CT molecular complexity index is 968. The fraction of sp³-hybridized carbons (Fsp3) is 0.154. The van der Waals surface area contributed by atoms with Crippen molar-refractivity contribution in [3.8, 4) is 0 Å². The Morgan fingerprint density at radius 3 is 2.71 bits per heavy atom. The lowest BCUT2D eigenvalue weighted by Gasteiger charge is -2.05. The van der Waals surface area contributed by atoms with Crippen LogP contribution in [0.15, 0.2) is 27.3 Å². The van der Waals surface area contributed by atoms with Crippen LogP contribution in [0.2, 0.25) is 10.0 Å². The molecule has 0 fully saturated rings. The lowest BCUT2D eigenvalue weighted by atomic mass is 10.3. The molecule has 0 saturated heterocycles. The number of aromatic nitrogens is 4. The van der Waals surface area contributed by atoms with Crippen LogP contribution >= 0.6 is 46.3 Å². The second-order valence-corrected chi connectivity index (χ2v) is 7.70. The van der Waals surface area contributed by atoms with Crippen molar-refractivity contribution >= 4 is 62.9 Å². The standard InChI is InChI=1S/C13H9Cl2N5O2S2/c1-6-11(22)20-12(18-17-6)24-13(19-20)23-5-10(21)16-9-3-7(14)2-8(15)4-9/h2-4H,5H2,1H3,(H,16,21). The van der Waals surface area contributed by atoms with Gasteiger partial charge in [-0.1, -0.05) is 46.3 Å². The normalized spacial score (nSPS) is 11.0. The quantitative estimate of drug-likeness (QED) is 0.675. The van der Waals surface area contributed by atoms with Gasteiger partial charge in [-0.05, 0) is 25.1 Å². The van der Waals surface area contributed by atoms with E-state index in [1.54, 1.807) is 25.1 Å². The molecule has 1 amide bonds. The van der Waals surface area contributed by atoms with Gasteiger partial charge in [-0.25, -0.2) is 0 Å². The highest BCUT2D eigenvalue weighted by Gasteiger charge is 2.12. The summed E-state index contributed by atoms with van der Waals surface area (Å²) >= 11 is 14.2. The van der Waals surface area contributed by atoms with Crippen molar-refractivity contribution in [1.29, 1.82) is 0 Å². The summed E-state index contributed by atoms with van der Waals surface area (Å²) in [5.41, 5.74) is 0.464. The maximum absolute atomic E-state index is 12.0. The van der Waals surface area contributed by atoms with Crippen LogP contribution in [0.25, 0.3) is 4.96 Å². The number of amides is 1. The summed E-state index contributed by atoms with van der Waals surface area (Å²) in [7, 11) is 0. The molecule has 0 unspecified atom stereocenters. The predicted octanol–water partition coefficient (Wildman–Crippen LogP) is 2.89. The molecular weight excluding hydrogens is 393 g/mol. The summed E-state index contributed by atoms with van der Waals surface area (Å²) in [6, 6.07) is 4.78. The predicted molar refractivity (Wildman–Crippen MR) is 95.5 cm³/mol. The molecular formula is C13H9Cl2N5O2S2. The zero-order valence-electron chi connectivity index (χ0n) is 12.1. The molecule has 0 saturated carbocycles. The van der Waals surface area contributed by atoms with E-state index in [9.17, 15) is 9.59 Å². The number of fused-ring (bicyclic) bond motifs is 1. The molecule has 0 radical (unpaired) electrons. The largest absolute Gasteiger partial charge is 0.325 e. The number of halogens is 2. The summed E-state index contributed by atoms with van der Waals surface area (Å²) in [4.78, 5) is 24.3. The minimum Gasteiger partial charge on any atom is -0.325 e. The average Bonchev–Trinajstić information content (AvgIpc) is 2.92. The van der Waals surface area contributed by atoms with Crippen LogP contribution in [0, 0.1) is 6.92 Å². The molecule has 24 heavy (non-hydrogen) atoms. The molecule has 3 rings (SSSR count). The van der Waals surface area contributed by atoms with Gasteiger partial charge in [-0.15, -0.1) is 15.3 Å². The van der Waals surface area contributed by atoms with Crippen molar-refractivity contribution in [1.82, 2.24) is 19.8 Å². The molecule has 124 valence electrons. The molecule has 0 atom stereocenters. The number of hydrogen-bond donors (Lipinski definition) is 1. The second kappa shape index (κ2) is 7.06. The summed E-state index contributed by atoms with van der Waals surface area (Å²) in [5, 5.41) is 15.4. The molecule has 1 aromatic carbocycles. The van der Waals surface area contributed by atoms with Crippen molar-refractivity contribution < 1.29 is 4.79 Å². The molecule has 0 aliphatic carbocycles. The van der Waals surface area contributed by atoms with Crippen LogP contribution in [0.3, 0.4) is 0 Å². The minimum absolute atomic E-state index is 0.116. The van der Waals surface area contributed by atoms with Crippen LogP contribution in [0.5, 0.6) is 0 Å². The number of carbonyl (C=O) groups is 1. The third kappa shape index (κ3) is 3.86. The molecule has 11 heteroatoms. The maximum Gasteiger partial charge on any atom is 0.296 e. The maximum atomic E-state index is 12.0. The van der Waals surface area contributed by atoms with Crippen molar-refractivity contribution in [2.45, 2.75) is 11.3 Å². The molecule has 0 aliphatic heterocycles. The van der Waals surface area contributed by atoms with E-state index in [1.165, 1.54) is 27.6 Å². The average molecular weight is 402 g/mol. The van der Waals surface area contributed by atoms with Gasteiger partial charge in [0.1, 0.15) is 5.69 Å². The molecule has 3 aromatic rings. The van der Waals surface area contributed by atoms with Gasteiger partial charge in [-0.2, -0.15) is 4.52 Å². The van der Waals surface area contributed by atoms with E-state index in [0.717, 1.165) is 0 Å². The SMILES string of the molecule is Cc1nnc2sc(SCC(=O)Nc3cc(Cl)cc(Cl)c3)nn2c1=O. The van der Waals surface area contributed by atoms with Gasteiger partial charge < -0.3 is 5.32 Å². The second-order valence-electron chi connectivity index (χ2n) is 4.65. The van der Waals surface area contributed by atoms with Crippen molar-refractivity contribution in [2.75, 3.05) is 11.1 Å². The first-order chi connectivity index (χ1) is 11.4. The zero-order chi connectivity index (χ0) is 17.3. The van der Waals surface area contributed by atoms with E-state index in [0.29, 0.717) is 25.0 Å². The fourth-order valence-corrected chi connectivity index (χ4v) is 3.98. The van der Waals surface area contributed by atoms with Crippen LogP contribution in [0.1, 0.15) is 5.69 Å². The van der Waals surface area contributed by atoms with Gasteiger partial charge in [0, 0.05) is 15.7 Å². The van der Waals surface area contributed by atoms with Gasteiger partial charge in [0.25, 0.3) is 5.56 Å². The van der Waals surface area contributed by atoms with Gasteiger partial charge in [0.2, 0.25) is 10.9 Å². The number of nitrogens with one attached hydrogen (secondary N) is 1. The van der Waals surface area contributed by atoms with Crippen LogP contribution in [-0.2, 0) is 4.79 Å². The number of rotatable bonds is 4. The van der Waals surface area contributed by atoms with Gasteiger partial charge >= 0.3 is 0 Å². The molecule has 2 aromatic heterocycles. The molecule has 0 bridgehead atoms. The molecule has 1 N–H and O–H groups in total. The van der Waals surface area contributed by atoms with E-state index < -0.39 is 0 Å². The van der Waals surface area contributed by atoms with Crippen LogP contribution < -0.4 is 10.9 Å². The van der Waals surface area contributed by atoms with Crippen molar-refractivity contribution in [3.63, 3.8) is 0 Å². The van der Waals surface area contributed by atoms with Crippen LogP contribution in [-0.4, -0.2) is 31.5 Å². The highest BCUT2D eigenvalue weighted by atomic mass is 35.5. The molecule has 0 spiro atoms. The number of benzene rings is 1. The van der Waals surface area contributed by atoms with E-state index in [2.05, 4.69) is 20.6 Å². The smallest absolute Gasteiger partial charge is 0.296 e. The lowest BCUT2D eigenvalue weighted by Crippen LogP contribution is -2.19. The summed E-state index contributed by atoms with van der Waals surface area (Å²) < 4.78 is 1.73. The Morgan fingerprint density at radius 2 is 2.00 bits per heavy atom. The van der Waals surface area contributed by atoms with Crippen LogP contribution in [0.4, 0.5) is 5.69 Å². The Morgan fingerprint density at radius 1 is 1.29 bits per heavy atom. The first kappa shape index (κ1) is 17.2. The van der Waals surface area contributed by atoms with E-state index in [4.69, 9.17) is 23.2 Å². The minimum atomic E-state index is -0.318. The van der Waals surface area contributed by atoms with E-state index in [1.807, 2.05) is 0 Å². The number of hydrogen-bond acceptors (Lipinski definition) is 7. The third-order valence-corrected chi connectivity index (χ3v) is 5.27. The summed E-state index contributed by atoms with van der Waals surface area (Å²) in [5.74, 6) is -0.127. The monoisotopic (exact) mass is 401 g/mol. The Labute approximate surface area is 154 Å². The Kier molecular flexibility index (Phi) is 5.04. The van der Waals surface area contributed by atoms with Crippen molar-refractivity contribution in [2.24, 2.45) is 0 Å². The summed E-state index contributed by atoms with van der Waals surface area (Å²) in [6.45, 7) is 1.57. The molecule has 7 nitrogen and oxygen atoms in total. The number of aryl methyl sites for hydroxylation is 1. The topological polar surface area (TPSA) is 89.2 Å². The lowest BCUT2D eigenvalue weighted by molar-refractivity contribution is -0.113. The highest BCUT2D eigenvalue weighted by Crippen LogP contribution is 2.25. The van der Waals surface area contributed by atoms with Crippen molar-refractivity contribution in [3.05, 3.63) is 44.3 Å². The Hall–Kier alpha value is -1.68. The molecule has 2 heterocycles. The zero-order valence-corrected chi connectivity index (χ0v) is 15.3. The van der Waals surface area contributed by atoms with Gasteiger partial charge in [-0.3, -0.25) is 9.59 Å². The van der Waals surface area contributed by atoms with E-state index in [-0.39, 0.29) is 22.9 Å². The first-order valence-corrected chi connectivity index (χ1v) is 9.10. The number of thioether (sulfide) groups is 1. The van der Waals surface area contributed by atoms with Gasteiger partial charge in [0.05, 0.1) is 5.75 Å². The Balaban J connectivity index is 1.68. The summed E-state index contributed by atoms with van der Waals surface area (Å²) in [6.07, 6.45) is 0. The molecule has 0 aliphatic rings. The number of carbonyl (C=O) groups excluding carboxylic acids is 1. The number of nitrogens with zero attached hydrogens (tertiary/aromatic N) is 4. The first-order valence-electron chi connectivity index (χ1n) is 6.54. The third-order valence-electron chi connectivity index (χ3n) is 2.80. The highest BCUT2D eigenvalue weighted by molar-refractivity contribution is 8.01.